The number of halogens is 2. The summed E-state index contributed by atoms with van der Waals surface area (Å²) in [6.45, 7) is -0.525. The first kappa shape index (κ1) is 16.9. The third kappa shape index (κ3) is 2.94. The van der Waals surface area contributed by atoms with Gasteiger partial charge in [0.15, 0.2) is 5.76 Å². The molecule has 5 nitrogen and oxygen atoms in total. The fourth-order valence-electron chi connectivity index (χ4n) is 2.58. The van der Waals surface area contributed by atoms with Gasteiger partial charge in [-0.2, -0.15) is 0 Å². The van der Waals surface area contributed by atoms with Crippen LogP contribution in [0.15, 0.2) is 40.9 Å². The summed E-state index contributed by atoms with van der Waals surface area (Å²) in [6, 6.07) is 8.44. The average Bonchev–Trinajstić information content (AvgIpc) is 3.04. The van der Waals surface area contributed by atoms with Crippen LogP contribution in [0.2, 0.25) is 0 Å². The molecule has 1 N–H and O–H groups in total. The van der Waals surface area contributed by atoms with Crippen molar-refractivity contribution in [1.82, 2.24) is 5.16 Å². The van der Waals surface area contributed by atoms with Crippen LogP contribution < -0.4 is 9.47 Å². The second-order valence-corrected chi connectivity index (χ2v) is 5.16. The first-order valence-electron chi connectivity index (χ1n) is 7.36. The van der Waals surface area contributed by atoms with Crippen LogP contribution >= 0.6 is 0 Å². The summed E-state index contributed by atoms with van der Waals surface area (Å²) in [5.41, 5.74) is 0.137. The Bertz CT molecular complexity index is 888. The number of benzene rings is 2. The fraction of sp³-hybridized carbons (Fsp3) is 0.167. The first-order chi connectivity index (χ1) is 12.1. The molecule has 2 aromatic carbocycles. The first-order valence-corrected chi connectivity index (χ1v) is 7.36. The molecule has 0 aliphatic rings. The summed E-state index contributed by atoms with van der Waals surface area (Å²) in [6.07, 6.45) is 0. The van der Waals surface area contributed by atoms with Gasteiger partial charge >= 0.3 is 0 Å². The van der Waals surface area contributed by atoms with Gasteiger partial charge in [-0.15, -0.1) is 0 Å². The third-order valence-corrected chi connectivity index (χ3v) is 3.80. The van der Waals surface area contributed by atoms with Crippen molar-refractivity contribution in [2.24, 2.45) is 0 Å². The number of aliphatic hydroxyl groups excluding tert-OH is 1. The van der Waals surface area contributed by atoms with Crippen LogP contribution in [0.25, 0.3) is 22.6 Å². The van der Waals surface area contributed by atoms with Crippen LogP contribution in [0.1, 0.15) is 5.56 Å². The van der Waals surface area contributed by atoms with Crippen molar-refractivity contribution in [2.75, 3.05) is 14.2 Å². The van der Waals surface area contributed by atoms with Gasteiger partial charge in [0, 0.05) is 0 Å². The quantitative estimate of drug-likeness (QED) is 0.761. The van der Waals surface area contributed by atoms with Crippen LogP contribution in [-0.4, -0.2) is 24.5 Å². The van der Waals surface area contributed by atoms with Crippen molar-refractivity contribution in [1.29, 1.82) is 0 Å². The lowest BCUT2D eigenvalue weighted by molar-refractivity contribution is 0.281. The van der Waals surface area contributed by atoms with E-state index in [0.717, 1.165) is 12.1 Å². The van der Waals surface area contributed by atoms with Gasteiger partial charge in [0.1, 0.15) is 28.8 Å². The number of aliphatic hydroxyl groups is 1. The van der Waals surface area contributed by atoms with Crippen molar-refractivity contribution < 1.29 is 27.9 Å². The van der Waals surface area contributed by atoms with Crippen LogP contribution in [0.5, 0.6) is 11.5 Å². The lowest BCUT2D eigenvalue weighted by Crippen LogP contribution is -1.96. The third-order valence-electron chi connectivity index (χ3n) is 3.80. The zero-order valence-corrected chi connectivity index (χ0v) is 13.5. The molecule has 130 valence electrons. The van der Waals surface area contributed by atoms with E-state index in [0.29, 0.717) is 17.1 Å². The number of hydrogen-bond acceptors (Lipinski definition) is 5. The van der Waals surface area contributed by atoms with Crippen molar-refractivity contribution >= 4 is 0 Å². The van der Waals surface area contributed by atoms with Crippen LogP contribution in [0.4, 0.5) is 8.78 Å². The molecule has 0 bridgehead atoms. The molecule has 0 unspecified atom stereocenters. The molecular formula is C18H15F2NO4. The van der Waals surface area contributed by atoms with Gasteiger partial charge in [0.25, 0.3) is 0 Å². The van der Waals surface area contributed by atoms with E-state index >= 15 is 0 Å². The highest BCUT2D eigenvalue weighted by molar-refractivity contribution is 5.77. The van der Waals surface area contributed by atoms with Gasteiger partial charge in [0.2, 0.25) is 0 Å². The van der Waals surface area contributed by atoms with E-state index in [4.69, 9.17) is 14.0 Å². The second kappa shape index (κ2) is 6.90. The maximum Gasteiger partial charge on any atom is 0.176 e. The van der Waals surface area contributed by atoms with Crippen LogP contribution in [-0.2, 0) is 6.61 Å². The van der Waals surface area contributed by atoms with E-state index in [1.54, 1.807) is 18.2 Å². The smallest absolute Gasteiger partial charge is 0.176 e. The highest BCUT2D eigenvalue weighted by Gasteiger charge is 2.25. The predicted octanol–water partition coefficient (Wildman–Crippen LogP) is 3.80. The van der Waals surface area contributed by atoms with Crippen molar-refractivity contribution in [3.63, 3.8) is 0 Å². The number of ether oxygens (including phenoxy) is 2. The van der Waals surface area contributed by atoms with Crippen molar-refractivity contribution in [3.8, 4) is 34.1 Å². The minimum absolute atomic E-state index is 0.0991. The summed E-state index contributed by atoms with van der Waals surface area (Å²) in [4.78, 5) is 0. The van der Waals surface area contributed by atoms with Crippen molar-refractivity contribution in [3.05, 3.63) is 53.6 Å². The van der Waals surface area contributed by atoms with Gasteiger partial charge in [0.05, 0.1) is 37.5 Å². The number of nitrogens with zero attached hydrogens (tertiary/aromatic N) is 1. The predicted molar refractivity (Wildman–Crippen MR) is 86.3 cm³/mol. The molecule has 0 saturated heterocycles. The molecule has 0 amide bonds. The van der Waals surface area contributed by atoms with E-state index in [9.17, 15) is 13.9 Å². The van der Waals surface area contributed by atoms with E-state index in [1.807, 2.05) is 0 Å². The minimum atomic E-state index is -0.799. The SMILES string of the molecule is COc1ccc(OC)c(-c2onc(-c3c(F)cccc3F)c2CO)c1. The maximum atomic E-state index is 14.1. The van der Waals surface area contributed by atoms with Gasteiger partial charge in [-0.3, -0.25) is 0 Å². The summed E-state index contributed by atoms with van der Waals surface area (Å²) >= 11 is 0. The topological polar surface area (TPSA) is 64.7 Å². The summed E-state index contributed by atoms with van der Waals surface area (Å²) in [5, 5.41) is 13.5. The van der Waals surface area contributed by atoms with E-state index in [2.05, 4.69) is 5.16 Å². The molecule has 0 saturated carbocycles. The Morgan fingerprint density at radius 1 is 1.08 bits per heavy atom. The number of rotatable bonds is 5. The minimum Gasteiger partial charge on any atom is -0.497 e. The van der Waals surface area contributed by atoms with Gasteiger partial charge in [-0.05, 0) is 30.3 Å². The van der Waals surface area contributed by atoms with Crippen LogP contribution in [0, 0.1) is 11.6 Å². The Labute approximate surface area is 142 Å². The number of aromatic nitrogens is 1. The van der Waals surface area contributed by atoms with Crippen molar-refractivity contribution in [2.45, 2.75) is 6.61 Å². The summed E-state index contributed by atoms with van der Waals surface area (Å²) in [7, 11) is 2.97. The Hall–Kier alpha value is -2.93. The molecule has 0 aliphatic heterocycles. The van der Waals surface area contributed by atoms with E-state index in [1.165, 1.54) is 20.3 Å². The Kier molecular flexibility index (Phi) is 4.67. The monoisotopic (exact) mass is 347 g/mol. The zero-order valence-electron chi connectivity index (χ0n) is 13.5. The molecule has 0 atom stereocenters. The van der Waals surface area contributed by atoms with Gasteiger partial charge in [-0.1, -0.05) is 11.2 Å². The number of methoxy groups -OCH3 is 2. The second-order valence-electron chi connectivity index (χ2n) is 5.16. The molecule has 25 heavy (non-hydrogen) atoms. The standard InChI is InChI=1S/C18H15F2NO4/c1-23-10-6-7-15(24-2)11(8-10)18-12(9-22)17(21-25-18)16-13(19)4-3-5-14(16)20/h3-8,22H,9H2,1-2H3. The molecule has 0 aliphatic carbocycles. The average molecular weight is 347 g/mol. The molecule has 3 aromatic rings. The summed E-state index contributed by atoms with van der Waals surface area (Å²) in [5.74, 6) is -0.489. The summed E-state index contributed by atoms with van der Waals surface area (Å²) < 4.78 is 43.9. The van der Waals surface area contributed by atoms with Gasteiger partial charge in [-0.25, -0.2) is 8.78 Å². The molecule has 0 spiro atoms. The molecule has 1 aromatic heterocycles. The maximum absolute atomic E-state index is 14.1. The molecule has 0 radical (unpaired) electrons. The zero-order chi connectivity index (χ0) is 18.0. The largest absolute Gasteiger partial charge is 0.497 e. The number of hydrogen-bond donors (Lipinski definition) is 1. The van der Waals surface area contributed by atoms with E-state index in [-0.39, 0.29) is 22.6 Å². The van der Waals surface area contributed by atoms with E-state index < -0.39 is 18.2 Å². The molecule has 1 heterocycles. The highest BCUT2D eigenvalue weighted by atomic mass is 19.1. The lowest BCUT2D eigenvalue weighted by atomic mass is 10.0. The Morgan fingerprint density at radius 3 is 2.40 bits per heavy atom. The molecular weight excluding hydrogens is 332 g/mol. The Balaban J connectivity index is 2.23. The van der Waals surface area contributed by atoms with Crippen LogP contribution in [0.3, 0.4) is 0 Å². The molecule has 7 heteroatoms. The van der Waals surface area contributed by atoms with Gasteiger partial charge < -0.3 is 19.1 Å². The fourth-order valence-corrected chi connectivity index (χ4v) is 2.58. The highest BCUT2D eigenvalue weighted by Crippen LogP contribution is 2.40. The Morgan fingerprint density at radius 2 is 1.80 bits per heavy atom. The molecule has 3 rings (SSSR count). The lowest BCUT2D eigenvalue weighted by Gasteiger charge is -2.09. The normalized spacial score (nSPS) is 10.8. The molecule has 0 fully saturated rings.